The second-order valence-corrected chi connectivity index (χ2v) is 7.56. The van der Waals surface area contributed by atoms with Gasteiger partial charge >= 0.3 is 0 Å². The number of morpholine rings is 1. The molecule has 1 aromatic heterocycles. The van der Waals surface area contributed by atoms with Gasteiger partial charge in [0.2, 0.25) is 5.91 Å². The van der Waals surface area contributed by atoms with Crippen LogP contribution in [0.15, 0.2) is 10.9 Å². The molecule has 25 heavy (non-hydrogen) atoms. The van der Waals surface area contributed by atoms with E-state index in [2.05, 4.69) is 29.0 Å². The number of amides is 1. The third kappa shape index (κ3) is 4.92. The first-order chi connectivity index (χ1) is 11.7. The Hall–Kier alpha value is -1.66. The molecule has 2 heterocycles. The zero-order chi connectivity index (χ0) is 18.7. The minimum absolute atomic E-state index is 0.0318. The van der Waals surface area contributed by atoms with Crippen molar-refractivity contribution in [3.63, 3.8) is 0 Å². The van der Waals surface area contributed by atoms with Crippen LogP contribution in [0.3, 0.4) is 0 Å². The number of rotatable bonds is 5. The largest absolute Gasteiger partial charge is 0.373 e. The fourth-order valence-electron chi connectivity index (χ4n) is 3.72. The van der Waals surface area contributed by atoms with E-state index in [9.17, 15) is 9.59 Å². The van der Waals surface area contributed by atoms with Crippen molar-refractivity contribution in [3.8, 4) is 0 Å². The van der Waals surface area contributed by atoms with Gasteiger partial charge in [0.25, 0.3) is 5.56 Å². The Labute approximate surface area is 150 Å². The van der Waals surface area contributed by atoms with Crippen molar-refractivity contribution < 1.29 is 9.53 Å². The molecule has 0 spiro atoms. The number of aromatic nitrogens is 1. The molecule has 6 heteroatoms. The summed E-state index contributed by atoms with van der Waals surface area (Å²) in [6, 6.07) is 1.70. The first-order valence-electron chi connectivity index (χ1n) is 9.05. The predicted octanol–water partition coefficient (Wildman–Crippen LogP) is 1.74. The van der Waals surface area contributed by atoms with Crippen LogP contribution < -0.4 is 10.9 Å². The number of hydrogen-bond donors (Lipinski definition) is 2. The SMILES string of the molecule is Cc1cc(C)c(CNC(=O)[C@H](C(C)C)N2C[C@@H](C)O[C@H](C)C2)c(=O)[nH]1. The molecule has 1 fully saturated rings. The molecular weight excluding hydrogens is 318 g/mol. The van der Waals surface area contributed by atoms with Crippen LogP contribution in [0.5, 0.6) is 0 Å². The van der Waals surface area contributed by atoms with Gasteiger partial charge in [-0.25, -0.2) is 0 Å². The monoisotopic (exact) mass is 349 g/mol. The number of hydrogen-bond acceptors (Lipinski definition) is 4. The lowest BCUT2D eigenvalue weighted by molar-refractivity contribution is -0.135. The van der Waals surface area contributed by atoms with Crippen LogP contribution >= 0.6 is 0 Å². The molecule has 3 atom stereocenters. The number of aromatic amines is 1. The summed E-state index contributed by atoms with van der Waals surface area (Å²) in [4.78, 5) is 30.0. The molecule has 0 saturated carbocycles. The Morgan fingerprint density at radius 2 is 1.92 bits per heavy atom. The Morgan fingerprint density at radius 1 is 1.32 bits per heavy atom. The molecule has 1 saturated heterocycles. The minimum Gasteiger partial charge on any atom is -0.373 e. The molecule has 1 aliphatic heterocycles. The van der Waals surface area contributed by atoms with E-state index in [1.807, 2.05) is 33.8 Å². The summed E-state index contributed by atoms with van der Waals surface area (Å²) in [5.41, 5.74) is 2.21. The average molecular weight is 349 g/mol. The molecule has 1 aromatic rings. The lowest BCUT2D eigenvalue weighted by atomic mass is 9.99. The van der Waals surface area contributed by atoms with Crippen molar-refractivity contribution in [1.29, 1.82) is 0 Å². The highest BCUT2D eigenvalue weighted by Gasteiger charge is 2.34. The van der Waals surface area contributed by atoms with Crippen molar-refractivity contribution in [2.24, 2.45) is 5.92 Å². The van der Waals surface area contributed by atoms with E-state index < -0.39 is 0 Å². The molecule has 2 rings (SSSR count). The van der Waals surface area contributed by atoms with Crippen LogP contribution in [0, 0.1) is 19.8 Å². The van der Waals surface area contributed by atoms with Gasteiger partial charge in [0.05, 0.1) is 18.2 Å². The van der Waals surface area contributed by atoms with Gasteiger partial charge in [-0.15, -0.1) is 0 Å². The first kappa shape index (κ1) is 19.7. The maximum absolute atomic E-state index is 12.9. The highest BCUT2D eigenvalue weighted by Crippen LogP contribution is 2.19. The second-order valence-electron chi connectivity index (χ2n) is 7.56. The van der Waals surface area contributed by atoms with E-state index in [4.69, 9.17) is 4.74 Å². The molecule has 0 unspecified atom stereocenters. The molecule has 1 amide bonds. The van der Waals surface area contributed by atoms with Crippen LogP contribution in [-0.4, -0.2) is 47.1 Å². The predicted molar refractivity (Wildman–Crippen MR) is 98.6 cm³/mol. The van der Waals surface area contributed by atoms with E-state index in [0.29, 0.717) is 5.56 Å². The maximum atomic E-state index is 12.9. The van der Waals surface area contributed by atoms with Crippen LogP contribution in [0.2, 0.25) is 0 Å². The number of ether oxygens (including phenoxy) is 1. The Kier molecular flexibility index (Phi) is 6.41. The van der Waals surface area contributed by atoms with Crippen molar-refractivity contribution in [2.45, 2.75) is 66.3 Å². The number of pyridine rings is 1. The fraction of sp³-hybridized carbons (Fsp3) is 0.684. The number of nitrogens with one attached hydrogen (secondary N) is 2. The Balaban J connectivity index is 2.10. The Bertz CT molecular complexity index is 658. The zero-order valence-electron chi connectivity index (χ0n) is 16.2. The number of H-pyrrole nitrogens is 1. The molecule has 6 nitrogen and oxygen atoms in total. The standard InChI is InChI=1S/C19H31N3O3/c1-11(2)17(22-9-14(5)25-15(6)10-22)19(24)20-8-16-12(3)7-13(4)21-18(16)23/h7,11,14-15,17H,8-10H2,1-6H3,(H,20,24)(H,21,23)/t14-,15-,17+/m1/s1. The Morgan fingerprint density at radius 3 is 2.44 bits per heavy atom. The van der Waals surface area contributed by atoms with Gasteiger partial charge in [-0.05, 0) is 45.2 Å². The first-order valence-corrected chi connectivity index (χ1v) is 9.05. The van der Waals surface area contributed by atoms with Crippen molar-refractivity contribution in [3.05, 3.63) is 33.2 Å². The molecule has 1 aliphatic rings. The molecular formula is C19H31N3O3. The zero-order valence-corrected chi connectivity index (χ0v) is 16.2. The lowest BCUT2D eigenvalue weighted by Crippen LogP contribution is -2.57. The van der Waals surface area contributed by atoms with Crippen LogP contribution in [0.1, 0.15) is 44.5 Å². The fourth-order valence-corrected chi connectivity index (χ4v) is 3.72. The van der Waals surface area contributed by atoms with Gasteiger partial charge in [-0.1, -0.05) is 13.8 Å². The van der Waals surface area contributed by atoms with E-state index in [0.717, 1.165) is 24.3 Å². The van der Waals surface area contributed by atoms with Crippen LogP contribution in [0.4, 0.5) is 0 Å². The lowest BCUT2D eigenvalue weighted by Gasteiger charge is -2.41. The smallest absolute Gasteiger partial charge is 0.253 e. The van der Waals surface area contributed by atoms with Gasteiger partial charge in [0.15, 0.2) is 0 Å². The van der Waals surface area contributed by atoms with Gasteiger partial charge in [-0.3, -0.25) is 14.5 Å². The molecule has 140 valence electrons. The summed E-state index contributed by atoms with van der Waals surface area (Å²) in [7, 11) is 0. The third-order valence-corrected chi connectivity index (χ3v) is 4.67. The van der Waals surface area contributed by atoms with Crippen LogP contribution in [-0.2, 0) is 16.1 Å². The van der Waals surface area contributed by atoms with Crippen LogP contribution in [0.25, 0.3) is 0 Å². The summed E-state index contributed by atoms with van der Waals surface area (Å²) in [6.45, 7) is 13.7. The summed E-state index contributed by atoms with van der Waals surface area (Å²) in [5.74, 6) is 0.144. The third-order valence-electron chi connectivity index (χ3n) is 4.67. The van der Waals surface area contributed by atoms with Crippen molar-refractivity contribution in [2.75, 3.05) is 13.1 Å². The summed E-state index contributed by atoms with van der Waals surface area (Å²) in [6.07, 6.45) is 0.222. The summed E-state index contributed by atoms with van der Waals surface area (Å²) < 4.78 is 5.78. The van der Waals surface area contributed by atoms with Gasteiger partial charge in [-0.2, -0.15) is 0 Å². The van der Waals surface area contributed by atoms with E-state index in [1.54, 1.807) is 0 Å². The van der Waals surface area contributed by atoms with E-state index in [1.165, 1.54) is 0 Å². The molecule has 0 radical (unpaired) electrons. The van der Waals surface area contributed by atoms with Crippen molar-refractivity contribution in [1.82, 2.24) is 15.2 Å². The quantitative estimate of drug-likeness (QED) is 0.849. The molecule has 2 N–H and O–H groups in total. The number of carbonyl (C=O) groups excluding carboxylic acids is 1. The highest BCUT2D eigenvalue weighted by atomic mass is 16.5. The number of nitrogens with zero attached hydrogens (tertiary/aromatic N) is 1. The molecule has 0 aromatic carbocycles. The summed E-state index contributed by atoms with van der Waals surface area (Å²) >= 11 is 0. The molecule has 0 bridgehead atoms. The number of carbonyl (C=O) groups is 1. The van der Waals surface area contributed by atoms with Crippen molar-refractivity contribution >= 4 is 5.91 Å². The van der Waals surface area contributed by atoms with Gasteiger partial charge in [0.1, 0.15) is 0 Å². The van der Waals surface area contributed by atoms with Gasteiger partial charge < -0.3 is 15.0 Å². The van der Waals surface area contributed by atoms with E-state index in [-0.39, 0.29) is 42.2 Å². The second kappa shape index (κ2) is 8.15. The topological polar surface area (TPSA) is 74.4 Å². The molecule has 0 aliphatic carbocycles. The average Bonchev–Trinajstić information content (AvgIpc) is 2.44. The normalized spacial score (nSPS) is 22.8. The van der Waals surface area contributed by atoms with Gasteiger partial charge in [0, 0.05) is 30.9 Å². The number of aryl methyl sites for hydroxylation is 2. The maximum Gasteiger partial charge on any atom is 0.253 e. The highest BCUT2D eigenvalue weighted by molar-refractivity contribution is 5.82. The summed E-state index contributed by atoms with van der Waals surface area (Å²) in [5, 5.41) is 2.97. The van der Waals surface area contributed by atoms with E-state index >= 15 is 0 Å². The minimum atomic E-state index is -0.223.